The number of methoxy groups -OCH3 is 2. The predicted molar refractivity (Wildman–Crippen MR) is 104 cm³/mol. The average molecular weight is 402 g/mol. The van der Waals surface area contributed by atoms with Gasteiger partial charge in [-0.15, -0.1) is 0 Å². The van der Waals surface area contributed by atoms with Gasteiger partial charge >= 0.3 is 0 Å². The maximum absolute atomic E-state index is 12.7. The molecule has 8 nitrogen and oxygen atoms in total. The van der Waals surface area contributed by atoms with Gasteiger partial charge in [-0.25, -0.2) is 0 Å². The molecule has 0 atom stereocenters. The summed E-state index contributed by atoms with van der Waals surface area (Å²) in [7, 11) is 2.93. The van der Waals surface area contributed by atoms with Gasteiger partial charge in [0, 0.05) is 26.4 Å². The van der Waals surface area contributed by atoms with E-state index in [0.717, 1.165) is 5.56 Å². The van der Waals surface area contributed by atoms with Crippen LogP contribution in [0.4, 0.5) is 0 Å². The Morgan fingerprint density at radius 3 is 2.52 bits per heavy atom. The van der Waals surface area contributed by atoms with Crippen molar-refractivity contribution in [1.82, 2.24) is 0 Å². The largest absolute Gasteiger partial charge is 0.507 e. The highest BCUT2D eigenvalue weighted by Crippen LogP contribution is 2.35. The van der Waals surface area contributed by atoms with Crippen LogP contribution in [0, 0.1) is 0 Å². The molecule has 0 amide bonds. The monoisotopic (exact) mass is 402 g/mol. The van der Waals surface area contributed by atoms with Gasteiger partial charge in [0.15, 0.2) is 30.9 Å². The fraction of sp³-hybridized carbons (Fsp3) is 0.286. The Bertz CT molecular complexity index is 890. The van der Waals surface area contributed by atoms with E-state index in [2.05, 4.69) is 0 Å². The summed E-state index contributed by atoms with van der Waals surface area (Å²) in [5.74, 6) is 0.998. The van der Waals surface area contributed by atoms with Crippen molar-refractivity contribution in [2.24, 2.45) is 0 Å². The van der Waals surface area contributed by atoms with Crippen LogP contribution in [-0.2, 0) is 9.47 Å². The molecule has 1 aliphatic rings. The van der Waals surface area contributed by atoms with E-state index in [-0.39, 0.29) is 30.6 Å². The molecule has 2 aromatic carbocycles. The molecule has 1 aliphatic heterocycles. The number of hydrogen-bond acceptors (Lipinski definition) is 8. The van der Waals surface area contributed by atoms with E-state index in [1.54, 1.807) is 24.3 Å². The van der Waals surface area contributed by atoms with Crippen LogP contribution in [-0.4, -0.2) is 51.9 Å². The number of aromatic hydroxyl groups is 1. The van der Waals surface area contributed by atoms with Crippen molar-refractivity contribution in [3.63, 3.8) is 0 Å². The first-order valence-corrected chi connectivity index (χ1v) is 8.85. The van der Waals surface area contributed by atoms with Crippen LogP contribution in [0.2, 0.25) is 0 Å². The second-order valence-electron chi connectivity index (χ2n) is 6.02. The van der Waals surface area contributed by atoms with Crippen LogP contribution in [0.1, 0.15) is 15.9 Å². The molecule has 0 aromatic heterocycles. The van der Waals surface area contributed by atoms with E-state index in [4.69, 9.17) is 28.4 Å². The molecule has 154 valence electrons. The maximum Gasteiger partial charge on any atom is 0.193 e. The Kier molecular flexibility index (Phi) is 6.94. The zero-order valence-electron chi connectivity index (χ0n) is 16.2. The Labute approximate surface area is 168 Å². The number of carbonyl (C=O) groups excluding carboxylic acids is 1. The van der Waals surface area contributed by atoms with Crippen molar-refractivity contribution in [1.29, 1.82) is 0 Å². The Morgan fingerprint density at radius 1 is 1.03 bits per heavy atom. The molecule has 1 N–H and O–H groups in total. The van der Waals surface area contributed by atoms with E-state index in [9.17, 15) is 9.90 Å². The van der Waals surface area contributed by atoms with E-state index >= 15 is 0 Å². The normalized spacial score (nSPS) is 12.8. The predicted octanol–water partition coefficient (Wildman–Crippen LogP) is 3.02. The molecule has 29 heavy (non-hydrogen) atoms. The minimum Gasteiger partial charge on any atom is -0.507 e. The first-order valence-electron chi connectivity index (χ1n) is 8.85. The lowest BCUT2D eigenvalue weighted by Crippen LogP contribution is -2.15. The van der Waals surface area contributed by atoms with Gasteiger partial charge in [-0.1, -0.05) is 12.1 Å². The number of carbonyl (C=O) groups is 1. The summed E-state index contributed by atoms with van der Waals surface area (Å²) in [5.41, 5.74) is 0.752. The second-order valence-corrected chi connectivity index (χ2v) is 6.02. The number of allylic oxidation sites excluding steroid dienone is 1. The maximum atomic E-state index is 12.7. The number of fused-ring (bicyclic) bond motifs is 1. The fourth-order valence-electron chi connectivity index (χ4n) is 2.69. The quantitative estimate of drug-likeness (QED) is 0.389. The lowest BCUT2D eigenvalue weighted by molar-refractivity contribution is 0.0453. The van der Waals surface area contributed by atoms with Gasteiger partial charge in [-0.3, -0.25) is 4.79 Å². The Morgan fingerprint density at radius 2 is 1.76 bits per heavy atom. The number of ether oxygens (including phenoxy) is 6. The van der Waals surface area contributed by atoms with Crippen LogP contribution in [0.15, 0.2) is 36.4 Å². The molecule has 8 heteroatoms. The molecule has 0 unspecified atom stereocenters. The van der Waals surface area contributed by atoms with E-state index in [1.165, 1.54) is 32.4 Å². The summed E-state index contributed by atoms with van der Waals surface area (Å²) in [5, 5.41) is 10.4. The van der Waals surface area contributed by atoms with Gasteiger partial charge in [0.1, 0.15) is 36.0 Å². The van der Waals surface area contributed by atoms with Crippen molar-refractivity contribution in [2.45, 2.75) is 0 Å². The topological polar surface area (TPSA) is 92.7 Å². The van der Waals surface area contributed by atoms with Crippen LogP contribution in [0.5, 0.6) is 28.7 Å². The smallest absolute Gasteiger partial charge is 0.193 e. The number of benzene rings is 2. The summed E-state index contributed by atoms with van der Waals surface area (Å²) in [6.07, 6.45) is 2.96. The third kappa shape index (κ3) is 5.18. The summed E-state index contributed by atoms with van der Waals surface area (Å²) in [6.45, 7) is 0.874. The van der Waals surface area contributed by atoms with E-state index in [1.807, 2.05) is 0 Å². The van der Waals surface area contributed by atoms with Crippen LogP contribution in [0.3, 0.4) is 0 Å². The molecule has 0 spiro atoms. The molecule has 2 aromatic rings. The van der Waals surface area contributed by atoms with Crippen molar-refractivity contribution in [3.05, 3.63) is 47.5 Å². The van der Waals surface area contributed by atoms with Crippen LogP contribution in [0.25, 0.3) is 6.08 Å². The highest BCUT2D eigenvalue weighted by molar-refractivity contribution is 6.10. The number of rotatable bonds is 9. The van der Waals surface area contributed by atoms with Gasteiger partial charge in [-0.05, 0) is 23.8 Å². The lowest BCUT2D eigenvalue weighted by Gasteiger charge is -2.18. The number of hydrogen-bond donors (Lipinski definition) is 1. The van der Waals surface area contributed by atoms with Crippen molar-refractivity contribution in [3.8, 4) is 28.7 Å². The standard InChI is InChI=1S/C21H22O8/c1-24-12-28-15-10-17(23)21(20(11-15)29-13-25-2)16(22)5-3-14-4-6-18-19(9-14)27-8-7-26-18/h3-6,9-11,23H,7-8,12-13H2,1-2H3/b5-3+. The SMILES string of the molecule is COCOc1cc(O)c(C(=O)/C=C/c2ccc3c(c2)OCCO3)c(OCOC)c1. The summed E-state index contributed by atoms with van der Waals surface area (Å²) < 4.78 is 31.5. The van der Waals surface area contributed by atoms with Gasteiger partial charge in [0.05, 0.1) is 0 Å². The summed E-state index contributed by atoms with van der Waals surface area (Å²) in [6, 6.07) is 8.18. The van der Waals surface area contributed by atoms with E-state index < -0.39 is 5.78 Å². The lowest BCUT2D eigenvalue weighted by atomic mass is 10.1. The van der Waals surface area contributed by atoms with Gasteiger partial charge in [-0.2, -0.15) is 0 Å². The number of phenolic OH excluding ortho intramolecular Hbond substituents is 1. The molecule has 1 heterocycles. The Balaban J connectivity index is 1.84. The molecule has 0 saturated heterocycles. The van der Waals surface area contributed by atoms with Crippen LogP contribution < -0.4 is 18.9 Å². The third-order valence-electron chi connectivity index (χ3n) is 3.97. The van der Waals surface area contributed by atoms with Gasteiger partial charge in [0.25, 0.3) is 0 Å². The highest BCUT2D eigenvalue weighted by Gasteiger charge is 2.19. The molecule has 0 aliphatic carbocycles. The minimum absolute atomic E-state index is 0.000565. The highest BCUT2D eigenvalue weighted by atomic mass is 16.7. The molecular formula is C21H22O8. The van der Waals surface area contributed by atoms with Gasteiger partial charge < -0.3 is 33.5 Å². The van der Waals surface area contributed by atoms with Crippen molar-refractivity contribution < 1.29 is 38.3 Å². The average Bonchev–Trinajstić information content (AvgIpc) is 2.74. The molecule has 0 fully saturated rings. The van der Waals surface area contributed by atoms with Crippen molar-refractivity contribution in [2.75, 3.05) is 41.0 Å². The fourth-order valence-corrected chi connectivity index (χ4v) is 2.69. The molecule has 0 saturated carbocycles. The zero-order chi connectivity index (χ0) is 20.6. The summed E-state index contributed by atoms with van der Waals surface area (Å²) in [4.78, 5) is 12.7. The first kappa shape index (κ1) is 20.5. The van der Waals surface area contributed by atoms with Crippen LogP contribution >= 0.6 is 0 Å². The van der Waals surface area contributed by atoms with E-state index in [0.29, 0.717) is 30.5 Å². The summed E-state index contributed by atoms with van der Waals surface area (Å²) >= 11 is 0. The van der Waals surface area contributed by atoms with Crippen molar-refractivity contribution >= 4 is 11.9 Å². The zero-order valence-corrected chi connectivity index (χ0v) is 16.2. The molecule has 0 bridgehead atoms. The third-order valence-corrected chi connectivity index (χ3v) is 3.97. The Hall–Kier alpha value is -3.23. The minimum atomic E-state index is -0.443. The molecular weight excluding hydrogens is 380 g/mol. The number of ketones is 1. The molecule has 3 rings (SSSR count). The first-order chi connectivity index (χ1) is 14.1. The number of phenols is 1. The molecule has 0 radical (unpaired) electrons. The second kappa shape index (κ2) is 9.81. The van der Waals surface area contributed by atoms with Gasteiger partial charge in [0.2, 0.25) is 0 Å².